The lowest BCUT2D eigenvalue weighted by Crippen LogP contribution is -2.44. The molecule has 2 unspecified atom stereocenters. The molecule has 0 aromatic carbocycles. The normalized spacial score (nSPS) is 22.3. The molecule has 1 saturated heterocycles. The predicted molar refractivity (Wildman–Crippen MR) is 52.0 cm³/mol. The number of amides is 2. The lowest BCUT2D eigenvalue weighted by atomic mass is 10.1. The summed E-state index contributed by atoms with van der Waals surface area (Å²) in [4.78, 5) is 22.4. The fraction of sp³-hybridized carbons (Fsp3) is 0.778. The molecule has 0 saturated carbocycles. The SMILES string of the molecule is COCC(CO)NC(=O)C1CNC(=O)C1. The van der Waals surface area contributed by atoms with Gasteiger partial charge in [0.25, 0.3) is 0 Å². The summed E-state index contributed by atoms with van der Waals surface area (Å²) < 4.78 is 4.82. The van der Waals surface area contributed by atoms with Crippen LogP contribution in [-0.2, 0) is 14.3 Å². The summed E-state index contributed by atoms with van der Waals surface area (Å²) in [7, 11) is 1.50. The quantitative estimate of drug-likeness (QED) is 0.508. The Kier molecular flexibility index (Phi) is 4.51. The lowest BCUT2D eigenvalue weighted by molar-refractivity contribution is -0.127. The third-order valence-corrected chi connectivity index (χ3v) is 2.28. The van der Waals surface area contributed by atoms with E-state index in [2.05, 4.69) is 10.6 Å². The number of hydrogen-bond acceptors (Lipinski definition) is 4. The monoisotopic (exact) mass is 216 g/mol. The van der Waals surface area contributed by atoms with Crippen LogP contribution in [0.4, 0.5) is 0 Å². The second kappa shape index (κ2) is 5.67. The highest BCUT2D eigenvalue weighted by Crippen LogP contribution is 2.08. The van der Waals surface area contributed by atoms with E-state index >= 15 is 0 Å². The van der Waals surface area contributed by atoms with Crippen molar-refractivity contribution >= 4 is 11.8 Å². The average molecular weight is 216 g/mol. The number of rotatable bonds is 5. The maximum Gasteiger partial charge on any atom is 0.225 e. The van der Waals surface area contributed by atoms with Crippen molar-refractivity contribution in [2.24, 2.45) is 5.92 Å². The topological polar surface area (TPSA) is 87.7 Å². The van der Waals surface area contributed by atoms with Crippen LogP contribution in [0.15, 0.2) is 0 Å². The Morgan fingerprint density at radius 2 is 2.53 bits per heavy atom. The molecule has 2 amide bonds. The van der Waals surface area contributed by atoms with E-state index in [0.717, 1.165) is 0 Å². The van der Waals surface area contributed by atoms with E-state index in [1.807, 2.05) is 0 Å². The molecule has 2 atom stereocenters. The molecule has 86 valence electrons. The van der Waals surface area contributed by atoms with E-state index in [9.17, 15) is 9.59 Å². The largest absolute Gasteiger partial charge is 0.394 e. The van der Waals surface area contributed by atoms with Crippen LogP contribution in [0.2, 0.25) is 0 Å². The van der Waals surface area contributed by atoms with Gasteiger partial charge < -0.3 is 20.5 Å². The van der Waals surface area contributed by atoms with Gasteiger partial charge in [-0.3, -0.25) is 9.59 Å². The van der Waals surface area contributed by atoms with E-state index in [4.69, 9.17) is 9.84 Å². The first-order chi connectivity index (χ1) is 7.17. The van der Waals surface area contributed by atoms with Gasteiger partial charge in [-0.05, 0) is 0 Å². The Labute approximate surface area is 88.0 Å². The Morgan fingerprint density at radius 3 is 3.00 bits per heavy atom. The van der Waals surface area contributed by atoms with E-state index in [1.165, 1.54) is 7.11 Å². The Hall–Kier alpha value is -1.14. The summed E-state index contributed by atoms with van der Waals surface area (Å²) in [6, 6.07) is -0.404. The van der Waals surface area contributed by atoms with Gasteiger partial charge in [-0.2, -0.15) is 0 Å². The first-order valence-corrected chi connectivity index (χ1v) is 4.84. The van der Waals surface area contributed by atoms with Gasteiger partial charge in [0.1, 0.15) is 0 Å². The zero-order valence-electron chi connectivity index (χ0n) is 8.66. The van der Waals surface area contributed by atoms with E-state index in [0.29, 0.717) is 6.54 Å². The van der Waals surface area contributed by atoms with E-state index < -0.39 is 6.04 Å². The fourth-order valence-electron chi connectivity index (χ4n) is 1.45. The van der Waals surface area contributed by atoms with Crippen LogP contribution in [0.5, 0.6) is 0 Å². The van der Waals surface area contributed by atoms with Gasteiger partial charge in [0.05, 0.1) is 25.2 Å². The molecule has 3 N–H and O–H groups in total. The summed E-state index contributed by atoms with van der Waals surface area (Å²) >= 11 is 0. The minimum Gasteiger partial charge on any atom is -0.394 e. The molecule has 1 fully saturated rings. The number of aliphatic hydroxyl groups is 1. The summed E-state index contributed by atoms with van der Waals surface area (Å²) in [5.74, 6) is -0.657. The highest BCUT2D eigenvalue weighted by molar-refractivity contribution is 5.89. The van der Waals surface area contributed by atoms with E-state index in [-0.39, 0.29) is 37.4 Å². The number of carbonyl (C=O) groups excluding carboxylic acids is 2. The molecule has 1 aliphatic heterocycles. The molecular formula is C9H16N2O4. The minimum atomic E-state index is -0.404. The maximum absolute atomic E-state index is 11.6. The van der Waals surface area contributed by atoms with Gasteiger partial charge in [-0.25, -0.2) is 0 Å². The van der Waals surface area contributed by atoms with Crippen LogP contribution in [-0.4, -0.2) is 49.8 Å². The van der Waals surface area contributed by atoms with Crippen molar-refractivity contribution in [2.45, 2.75) is 12.5 Å². The molecule has 0 aliphatic carbocycles. The van der Waals surface area contributed by atoms with Crippen LogP contribution in [0.25, 0.3) is 0 Å². The average Bonchev–Trinajstić information content (AvgIpc) is 2.64. The number of carbonyl (C=O) groups is 2. The van der Waals surface area contributed by atoms with Crippen molar-refractivity contribution < 1.29 is 19.4 Å². The Bertz CT molecular complexity index is 244. The van der Waals surface area contributed by atoms with Crippen molar-refractivity contribution in [3.63, 3.8) is 0 Å². The van der Waals surface area contributed by atoms with Gasteiger partial charge in [0.2, 0.25) is 11.8 Å². The summed E-state index contributed by atoms with van der Waals surface area (Å²) in [5.41, 5.74) is 0. The molecule has 0 radical (unpaired) electrons. The molecule has 6 nitrogen and oxygen atoms in total. The lowest BCUT2D eigenvalue weighted by Gasteiger charge is -2.17. The van der Waals surface area contributed by atoms with Crippen LogP contribution in [0.1, 0.15) is 6.42 Å². The summed E-state index contributed by atoms with van der Waals surface area (Å²) in [6.45, 7) is 0.458. The highest BCUT2D eigenvalue weighted by Gasteiger charge is 2.28. The molecule has 1 rings (SSSR count). The number of aliphatic hydroxyl groups excluding tert-OH is 1. The fourth-order valence-corrected chi connectivity index (χ4v) is 1.45. The smallest absolute Gasteiger partial charge is 0.225 e. The van der Waals surface area contributed by atoms with Crippen LogP contribution >= 0.6 is 0 Å². The third kappa shape index (κ3) is 3.49. The molecular weight excluding hydrogens is 200 g/mol. The number of nitrogens with one attached hydrogen (secondary N) is 2. The molecule has 0 bridgehead atoms. The van der Waals surface area contributed by atoms with Gasteiger partial charge in [0.15, 0.2) is 0 Å². The molecule has 0 aromatic heterocycles. The first-order valence-electron chi connectivity index (χ1n) is 4.84. The van der Waals surface area contributed by atoms with Gasteiger partial charge in [-0.1, -0.05) is 0 Å². The van der Waals surface area contributed by atoms with Crippen molar-refractivity contribution in [1.29, 1.82) is 0 Å². The van der Waals surface area contributed by atoms with E-state index in [1.54, 1.807) is 0 Å². The molecule has 15 heavy (non-hydrogen) atoms. The van der Waals surface area contributed by atoms with Gasteiger partial charge in [0, 0.05) is 20.1 Å². The van der Waals surface area contributed by atoms with Gasteiger partial charge >= 0.3 is 0 Å². The second-order valence-electron chi connectivity index (χ2n) is 3.55. The number of ether oxygens (including phenoxy) is 1. The first kappa shape index (κ1) is 11.9. The van der Waals surface area contributed by atoms with Crippen LogP contribution in [0, 0.1) is 5.92 Å². The summed E-state index contributed by atoms with van der Waals surface area (Å²) in [6.07, 6.45) is 0.219. The number of methoxy groups -OCH3 is 1. The zero-order valence-corrected chi connectivity index (χ0v) is 8.66. The summed E-state index contributed by atoms with van der Waals surface area (Å²) in [5, 5.41) is 14.1. The molecule has 1 heterocycles. The minimum absolute atomic E-state index is 0.109. The zero-order chi connectivity index (χ0) is 11.3. The van der Waals surface area contributed by atoms with Crippen LogP contribution in [0.3, 0.4) is 0 Å². The van der Waals surface area contributed by atoms with Crippen molar-refractivity contribution in [3.05, 3.63) is 0 Å². The molecule has 0 spiro atoms. The maximum atomic E-state index is 11.6. The third-order valence-electron chi connectivity index (χ3n) is 2.28. The van der Waals surface area contributed by atoms with Crippen molar-refractivity contribution in [1.82, 2.24) is 10.6 Å². The predicted octanol–water partition coefficient (Wildman–Crippen LogP) is -1.75. The van der Waals surface area contributed by atoms with Crippen molar-refractivity contribution in [2.75, 3.05) is 26.9 Å². The molecule has 1 aliphatic rings. The van der Waals surface area contributed by atoms with Crippen LogP contribution < -0.4 is 10.6 Å². The Balaban J connectivity index is 2.36. The van der Waals surface area contributed by atoms with Crippen molar-refractivity contribution in [3.8, 4) is 0 Å². The molecule has 6 heteroatoms. The molecule has 0 aromatic rings. The number of hydrogen-bond donors (Lipinski definition) is 3. The highest BCUT2D eigenvalue weighted by atomic mass is 16.5. The van der Waals surface area contributed by atoms with Gasteiger partial charge in [-0.15, -0.1) is 0 Å². The Morgan fingerprint density at radius 1 is 1.80 bits per heavy atom. The second-order valence-corrected chi connectivity index (χ2v) is 3.55. The standard InChI is InChI=1S/C9H16N2O4/c1-15-5-7(4-12)11-9(14)6-2-8(13)10-3-6/h6-7,12H,2-5H2,1H3,(H,10,13)(H,11,14).